The van der Waals surface area contributed by atoms with E-state index in [2.05, 4.69) is 14.9 Å². The first-order chi connectivity index (χ1) is 12.6. The third kappa shape index (κ3) is 3.25. The number of nitrogens with one attached hydrogen (secondary N) is 2. The van der Waals surface area contributed by atoms with E-state index in [0.29, 0.717) is 10.6 Å². The molecule has 0 aliphatic carbocycles. The molecule has 5 nitrogen and oxygen atoms in total. The highest BCUT2D eigenvalue weighted by molar-refractivity contribution is 7.93. The highest BCUT2D eigenvalue weighted by Gasteiger charge is 2.21. The van der Waals surface area contributed by atoms with Crippen LogP contribution < -0.4 is 14.9 Å². The number of hydrogen-bond donors (Lipinski definition) is 2. The number of fused-ring (bicyclic) bond motifs is 1. The molecule has 0 bridgehead atoms. The van der Waals surface area contributed by atoms with Gasteiger partial charge in [-0.2, -0.15) is 0 Å². The summed E-state index contributed by atoms with van der Waals surface area (Å²) < 4.78 is 28.6. The highest BCUT2D eigenvalue weighted by atomic mass is 32.2. The summed E-state index contributed by atoms with van der Waals surface area (Å²) in [4.78, 5) is 2.61. The Balaban J connectivity index is 1.79. The first-order valence-electron chi connectivity index (χ1n) is 8.70. The maximum Gasteiger partial charge on any atom is 0.262 e. The van der Waals surface area contributed by atoms with Gasteiger partial charge in [0.2, 0.25) is 0 Å². The lowest BCUT2D eigenvalue weighted by Gasteiger charge is -2.30. The lowest BCUT2D eigenvalue weighted by molar-refractivity contribution is 0.590. The maximum atomic E-state index is 13.0. The maximum absolute atomic E-state index is 13.0. The molecule has 0 amide bonds. The van der Waals surface area contributed by atoms with Gasteiger partial charge in [0.1, 0.15) is 0 Å². The summed E-state index contributed by atoms with van der Waals surface area (Å²) >= 11 is 0. The normalized spacial score (nSPS) is 15.2. The van der Waals surface area contributed by atoms with Crippen LogP contribution in [0.1, 0.15) is 0 Å². The summed E-state index contributed by atoms with van der Waals surface area (Å²) in [6.07, 6.45) is 0. The third-order valence-corrected chi connectivity index (χ3v) is 6.07. The molecule has 1 fully saturated rings. The van der Waals surface area contributed by atoms with Crippen molar-refractivity contribution in [1.29, 1.82) is 0 Å². The first kappa shape index (κ1) is 16.9. The number of rotatable bonds is 4. The number of piperazine rings is 1. The van der Waals surface area contributed by atoms with Crippen LogP contribution >= 0.6 is 0 Å². The van der Waals surface area contributed by atoms with Gasteiger partial charge in [0.05, 0.1) is 4.90 Å². The molecule has 4 rings (SSSR count). The van der Waals surface area contributed by atoms with Gasteiger partial charge in [-0.1, -0.05) is 42.5 Å². The summed E-state index contributed by atoms with van der Waals surface area (Å²) in [5.74, 6) is 0. The average Bonchev–Trinajstić information content (AvgIpc) is 2.68. The summed E-state index contributed by atoms with van der Waals surface area (Å²) in [6.45, 7) is 3.70. The van der Waals surface area contributed by atoms with E-state index in [9.17, 15) is 8.42 Å². The van der Waals surface area contributed by atoms with Crippen molar-refractivity contribution < 1.29 is 8.42 Å². The van der Waals surface area contributed by atoms with E-state index < -0.39 is 10.0 Å². The van der Waals surface area contributed by atoms with Crippen LogP contribution in [0.3, 0.4) is 0 Å². The lowest BCUT2D eigenvalue weighted by atomic mass is 10.1. The Bertz CT molecular complexity index is 1010. The van der Waals surface area contributed by atoms with E-state index in [-0.39, 0.29) is 0 Å². The van der Waals surface area contributed by atoms with Crippen LogP contribution in [0.15, 0.2) is 71.6 Å². The van der Waals surface area contributed by atoms with E-state index in [0.717, 1.165) is 42.6 Å². The Kier molecular flexibility index (Phi) is 4.53. The van der Waals surface area contributed by atoms with Crippen molar-refractivity contribution in [1.82, 2.24) is 5.32 Å². The van der Waals surface area contributed by atoms with Crippen molar-refractivity contribution in [3.8, 4) is 0 Å². The molecular formula is C20H21N3O2S. The Morgan fingerprint density at radius 2 is 1.46 bits per heavy atom. The molecule has 3 aromatic carbocycles. The van der Waals surface area contributed by atoms with Gasteiger partial charge in [-0.3, -0.25) is 4.72 Å². The minimum atomic E-state index is -3.67. The molecule has 1 saturated heterocycles. The van der Waals surface area contributed by atoms with E-state index in [1.165, 1.54) is 0 Å². The van der Waals surface area contributed by atoms with Gasteiger partial charge < -0.3 is 10.2 Å². The van der Waals surface area contributed by atoms with E-state index in [1.807, 2.05) is 48.5 Å². The van der Waals surface area contributed by atoms with Crippen molar-refractivity contribution in [2.75, 3.05) is 35.8 Å². The molecule has 1 aliphatic rings. The summed E-state index contributed by atoms with van der Waals surface area (Å²) in [6, 6.07) is 20.3. The molecule has 1 aliphatic heterocycles. The number of anilines is 2. The third-order valence-electron chi connectivity index (χ3n) is 4.63. The van der Waals surface area contributed by atoms with Gasteiger partial charge in [0, 0.05) is 48.3 Å². The van der Waals surface area contributed by atoms with Gasteiger partial charge in [0.25, 0.3) is 10.0 Å². The number of sulfonamides is 1. The fourth-order valence-electron chi connectivity index (χ4n) is 3.39. The molecule has 26 heavy (non-hydrogen) atoms. The fourth-order valence-corrected chi connectivity index (χ4v) is 4.66. The van der Waals surface area contributed by atoms with Crippen LogP contribution in [0.4, 0.5) is 11.4 Å². The minimum absolute atomic E-state index is 0.302. The predicted molar refractivity (Wildman–Crippen MR) is 106 cm³/mol. The van der Waals surface area contributed by atoms with Crippen molar-refractivity contribution in [3.63, 3.8) is 0 Å². The average molecular weight is 367 g/mol. The smallest absolute Gasteiger partial charge is 0.262 e. The van der Waals surface area contributed by atoms with Gasteiger partial charge in [-0.15, -0.1) is 0 Å². The van der Waals surface area contributed by atoms with E-state index in [4.69, 9.17) is 0 Å². The second-order valence-corrected chi connectivity index (χ2v) is 7.99. The zero-order valence-corrected chi connectivity index (χ0v) is 15.2. The largest absolute Gasteiger partial charge is 0.368 e. The second-order valence-electron chi connectivity index (χ2n) is 6.34. The lowest BCUT2D eigenvalue weighted by Crippen LogP contribution is -2.43. The van der Waals surface area contributed by atoms with Gasteiger partial charge >= 0.3 is 0 Å². The quantitative estimate of drug-likeness (QED) is 0.744. The molecular weight excluding hydrogens is 346 g/mol. The fraction of sp³-hybridized carbons (Fsp3) is 0.200. The topological polar surface area (TPSA) is 61.4 Å². The van der Waals surface area contributed by atoms with Crippen molar-refractivity contribution in [2.24, 2.45) is 0 Å². The van der Waals surface area contributed by atoms with Crippen LogP contribution in [-0.4, -0.2) is 34.6 Å². The molecule has 1 heterocycles. The monoisotopic (exact) mass is 367 g/mol. The molecule has 0 aromatic heterocycles. The Hall–Kier alpha value is -2.57. The van der Waals surface area contributed by atoms with Gasteiger partial charge in [-0.25, -0.2) is 8.42 Å². The number of hydrogen-bond acceptors (Lipinski definition) is 4. The molecule has 3 aromatic rings. The Morgan fingerprint density at radius 1 is 0.808 bits per heavy atom. The van der Waals surface area contributed by atoms with Crippen LogP contribution in [0.5, 0.6) is 0 Å². The second kappa shape index (κ2) is 6.97. The number of para-hydroxylation sites is 1. The van der Waals surface area contributed by atoms with Crippen molar-refractivity contribution in [2.45, 2.75) is 4.90 Å². The number of nitrogens with zero attached hydrogens (tertiary/aromatic N) is 1. The van der Waals surface area contributed by atoms with Crippen LogP contribution in [0.25, 0.3) is 10.8 Å². The minimum Gasteiger partial charge on any atom is -0.368 e. The van der Waals surface area contributed by atoms with Crippen LogP contribution in [-0.2, 0) is 10.0 Å². The van der Waals surface area contributed by atoms with E-state index >= 15 is 0 Å². The first-order valence-corrected chi connectivity index (χ1v) is 10.2. The van der Waals surface area contributed by atoms with Crippen molar-refractivity contribution in [3.05, 3.63) is 66.7 Å². The molecule has 0 unspecified atom stereocenters. The predicted octanol–water partition coefficient (Wildman–Crippen LogP) is 3.05. The molecule has 0 saturated carbocycles. The van der Waals surface area contributed by atoms with Crippen LogP contribution in [0, 0.1) is 0 Å². The Morgan fingerprint density at radius 3 is 2.19 bits per heavy atom. The SMILES string of the molecule is O=S(=O)(Nc1ccccc1)c1ccc(N2CCNCC2)c2ccccc12. The molecule has 6 heteroatoms. The van der Waals surface area contributed by atoms with Crippen molar-refractivity contribution >= 4 is 32.2 Å². The summed E-state index contributed by atoms with van der Waals surface area (Å²) in [7, 11) is -3.67. The molecule has 2 N–H and O–H groups in total. The number of benzene rings is 3. The molecule has 0 atom stereocenters. The molecule has 0 radical (unpaired) electrons. The zero-order valence-electron chi connectivity index (χ0n) is 14.4. The van der Waals surface area contributed by atoms with Gasteiger partial charge in [0.15, 0.2) is 0 Å². The zero-order chi connectivity index (χ0) is 18.0. The van der Waals surface area contributed by atoms with Crippen LogP contribution in [0.2, 0.25) is 0 Å². The Labute approximate surface area is 153 Å². The molecule has 0 spiro atoms. The van der Waals surface area contributed by atoms with Gasteiger partial charge in [-0.05, 0) is 24.3 Å². The summed E-state index contributed by atoms with van der Waals surface area (Å²) in [5.41, 5.74) is 1.64. The summed E-state index contributed by atoms with van der Waals surface area (Å²) in [5, 5.41) is 5.05. The standard InChI is InChI=1S/C20H21N3O2S/c24-26(25,22-16-6-2-1-3-7-16)20-11-10-19(23-14-12-21-13-15-23)17-8-4-5-9-18(17)20/h1-11,21-22H,12-15H2. The van der Waals surface area contributed by atoms with E-state index in [1.54, 1.807) is 18.2 Å². The molecule has 134 valence electrons. The highest BCUT2D eigenvalue weighted by Crippen LogP contribution is 2.32.